The summed E-state index contributed by atoms with van der Waals surface area (Å²) in [6.45, 7) is 2.21. The Morgan fingerprint density at radius 3 is 2.50 bits per heavy atom. The van der Waals surface area contributed by atoms with E-state index in [1.54, 1.807) is 14.2 Å². The summed E-state index contributed by atoms with van der Waals surface area (Å²) < 4.78 is 10.7. The Morgan fingerprint density at radius 1 is 1.17 bits per heavy atom. The fraction of sp³-hybridized carbons (Fsp3) is 0.533. The van der Waals surface area contributed by atoms with Gasteiger partial charge in [0, 0.05) is 29.9 Å². The van der Waals surface area contributed by atoms with Crippen LogP contribution in [0.25, 0.3) is 0 Å². The van der Waals surface area contributed by atoms with Crippen LogP contribution in [-0.2, 0) is 10.2 Å². The van der Waals surface area contributed by atoms with Crippen LogP contribution in [0, 0.1) is 5.41 Å². The van der Waals surface area contributed by atoms with E-state index >= 15 is 0 Å². The highest BCUT2D eigenvalue weighted by atomic mass is 16.5. The first-order chi connectivity index (χ1) is 8.54. The van der Waals surface area contributed by atoms with E-state index in [2.05, 4.69) is 13.0 Å². The average Bonchev–Trinajstić information content (AvgIpc) is 2.83. The molecular weight excluding hydrogens is 228 g/mol. The lowest BCUT2D eigenvalue weighted by molar-refractivity contribution is -0.118. The molecule has 2 saturated carbocycles. The van der Waals surface area contributed by atoms with Crippen molar-refractivity contribution in [2.75, 3.05) is 14.2 Å². The average molecular weight is 246 g/mol. The number of hydrogen-bond acceptors (Lipinski definition) is 3. The van der Waals surface area contributed by atoms with Crippen molar-refractivity contribution in [2.24, 2.45) is 5.41 Å². The fourth-order valence-corrected chi connectivity index (χ4v) is 3.67. The van der Waals surface area contributed by atoms with Crippen molar-refractivity contribution in [2.45, 2.75) is 31.6 Å². The van der Waals surface area contributed by atoms with E-state index < -0.39 is 0 Å². The van der Waals surface area contributed by atoms with Crippen LogP contribution < -0.4 is 9.47 Å². The lowest BCUT2D eigenvalue weighted by atomic mass is 9.88. The normalized spacial score (nSPS) is 33.2. The minimum absolute atomic E-state index is 0.0156. The Labute approximate surface area is 107 Å². The summed E-state index contributed by atoms with van der Waals surface area (Å²) in [5.41, 5.74) is 1.33. The Balaban J connectivity index is 2.06. The second-order valence-corrected chi connectivity index (χ2v) is 5.78. The van der Waals surface area contributed by atoms with Crippen molar-refractivity contribution in [1.82, 2.24) is 0 Å². The van der Waals surface area contributed by atoms with Gasteiger partial charge in [0.05, 0.1) is 14.2 Å². The van der Waals surface area contributed by atoms with E-state index in [1.165, 1.54) is 5.56 Å². The Bertz CT molecular complexity index is 522. The summed E-state index contributed by atoms with van der Waals surface area (Å²) in [6, 6.07) is 5.92. The third kappa shape index (κ3) is 1.33. The van der Waals surface area contributed by atoms with Gasteiger partial charge >= 0.3 is 0 Å². The van der Waals surface area contributed by atoms with Crippen molar-refractivity contribution in [1.29, 1.82) is 0 Å². The highest BCUT2D eigenvalue weighted by molar-refractivity contribution is 5.87. The molecule has 0 saturated heterocycles. The van der Waals surface area contributed by atoms with Gasteiger partial charge in [-0.25, -0.2) is 0 Å². The maximum absolute atomic E-state index is 11.7. The number of ether oxygens (including phenoxy) is 2. The Kier molecular flexibility index (Phi) is 2.25. The lowest BCUT2D eigenvalue weighted by Gasteiger charge is -2.19. The number of benzene rings is 1. The first-order valence-corrected chi connectivity index (χ1v) is 6.29. The number of fused-ring (bicyclic) bond motifs is 1. The molecule has 3 heteroatoms. The quantitative estimate of drug-likeness (QED) is 0.822. The summed E-state index contributed by atoms with van der Waals surface area (Å²) in [4.78, 5) is 11.7. The minimum atomic E-state index is 0.0156. The molecule has 2 atom stereocenters. The molecule has 1 aromatic carbocycles. The third-order valence-corrected chi connectivity index (χ3v) is 4.73. The van der Waals surface area contributed by atoms with Crippen LogP contribution in [0.15, 0.2) is 18.2 Å². The SMILES string of the molecule is COc1ccc(C23CC(=O)CC2(C)C3)c(OC)c1. The van der Waals surface area contributed by atoms with Gasteiger partial charge in [0.15, 0.2) is 0 Å². The van der Waals surface area contributed by atoms with Gasteiger partial charge in [-0.3, -0.25) is 4.79 Å². The van der Waals surface area contributed by atoms with E-state index in [0.29, 0.717) is 18.6 Å². The first kappa shape index (κ1) is 11.6. The highest BCUT2D eigenvalue weighted by Gasteiger charge is 2.70. The largest absolute Gasteiger partial charge is 0.497 e. The monoisotopic (exact) mass is 246 g/mol. The van der Waals surface area contributed by atoms with Gasteiger partial charge in [0.2, 0.25) is 0 Å². The minimum Gasteiger partial charge on any atom is -0.497 e. The molecule has 0 bridgehead atoms. The van der Waals surface area contributed by atoms with Crippen LogP contribution in [0.3, 0.4) is 0 Å². The van der Waals surface area contributed by atoms with Crippen molar-refractivity contribution in [3.8, 4) is 11.5 Å². The molecule has 0 radical (unpaired) electrons. The van der Waals surface area contributed by atoms with Crippen molar-refractivity contribution in [3.05, 3.63) is 23.8 Å². The molecule has 3 nitrogen and oxygen atoms in total. The molecule has 96 valence electrons. The predicted octanol–water partition coefficient (Wildman–Crippen LogP) is 2.71. The van der Waals surface area contributed by atoms with E-state index in [-0.39, 0.29) is 10.8 Å². The lowest BCUT2D eigenvalue weighted by Crippen LogP contribution is -2.12. The van der Waals surface area contributed by atoms with Crippen LogP contribution >= 0.6 is 0 Å². The molecule has 0 spiro atoms. The van der Waals surface area contributed by atoms with E-state index in [0.717, 1.165) is 17.9 Å². The summed E-state index contributed by atoms with van der Waals surface area (Å²) in [6.07, 6.45) is 2.46. The van der Waals surface area contributed by atoms with Gasteiger partial charge in [-0.15, -0.1) is 0 Å². The summed E-state index contributed by atoms with van der Waals surface area (Å²) in [5, 5.41) is 0. The van der Waals surface area contributed by atoms with Gasteiger partial charge in [0.1, 0.15) is 17.3 Å². The Hall–Kier alpha value is -1.51. The molecule has 2 unspecified atom stereocenters. The number of rotatable bonds is 3. The molecule has 1 aromatic rings. The number of methoxy groups -OCH3 is 2. The number of carbonyl (C=O) groups excluding carboxylic acids is 1. The molecule has 0 amide bonds. The topological polar surface area (TPSA) is 35.5 Å². The zero-order chi connectivity index (χ0) is 13.0. The number of hydrogen-bond donors (Lipinski definition) is 0. The molecule has 3 rings (SSSR count). The van der Waals surface area contributed by atoms with Crippen LogP contribution in [0.4, 0.5) is 0 Å². The van der Waals surface area contributed by atoms with Gasteiger partial charge in [0.25, 0.3) is 0 Å². The van der Waals surface area contributed by atoms with Gasteiger partial charge in [-0.1, -0.05) is 13.0 Å². The smallest absolute Gasteiger partial charge is 0.134 e. The number of ketones is 1. The van der Waals surface area contributed by atoms with Gasteiger partial charge in [-0.2, -0.15) is 0 Å². The van der Waals surface area contributed by atoms with Crippen LogP contribution in [0.1, 0.15) is 31.7 Å². The molecule has 18 heavy (non-hydrogen) atoms. The Morgan fingerprint density at radius 2 is 1.94 bits per heavy atom. The standard InChI is InChI=1S/C15H18O3/c1-14-7-10(16)8-15(14,9-14)12-5-4-11(17-2)6-13(12)18-3/h4-6H,7-9H2,1-3H3. The fourth-order valence-electron chi connectivity index (χ4n) is 3.67. The zero-order valence-corrected chi connectivity index (χ0v) is 11.1. The number of carbonyl (C=O) groups is 1. The highest BCUT2D eigenvalue weighted by Crippen LogP contribution is 2.73. The zero-order valence-electron chi connectivity index (χ0n) is 11.1. The van der Waals surface area contributed by atoms with Gasteiger partial charge in [-0.05, 0) is 17.9 Å². The van der Waals surface area contributed by atoms with E-state index in [9.17, 15) is 4.79 Å². The van der Waals surface area contributed by atoms with Crippen LogP contribution in [0.2, 0.25) is 0 Å². The molecule has 0 aliphatic heterocycles. The van der Waals surface area contributed by atoms with Crippen molar-refractivity contribution < 1.29 is 14.3 Å². The van der Waals surface area contributed by atoms with Crippen LogP contribution in [0.5, 0.6) is 11.5 Å². The summed E-state index contributed by atoms with van der Waals surface area (Å²) in [5.74, 6) is 2.01. The molecule has 0 heterocycles. The number of Topliss-reactive ketones (excluding diaryl/α,β-unsaturated/α-hetero) is 1. The second-order valence-electron chi connectivity index (χ2n) is 5.78. The maximum Gasteiger partial charge on any atom is 0.134 e. The van der Waals surface area contributed by atoms with Gasteiger partial charge < -0.3 is 9.47 Å². The molecule has 0 N–H and O–H groups in total. The summed E-state index contributed by atoms with van der Waals surface area (Å²) >= 11 is 0. The van der Waals surface area contributed by atoms with Crippen molar-refractivity contribution in [3.63, 3.8) is 0 Å². The molecule has 2 fully saturated rings. The molecular formula is C15H18O3. The van der Waals surface area contributed by atoms with Crippen molar-refractivity contribution >= 4 is 5.78 Å². The van der Waals surface area contributed by atoms with E-state index in [1.807, 2.05) is 12.1 Å². The van der Waals surface area contributed by atoms with E-state index in [4.69, 9.17) is 9.47 Å². The second kappa shape index (κ2) is 3.50. The summed E-state index contributed by atoms with van der Waals surface area (Å²) in [7, 11) is 3.32. The maximum atomic E-state index is 11.7. The first-order valence-electron chi connectivity index (χ1n) is 6.29. The third-order valence-electron chi connectivity index (χ3n) is 4.73. The molecule has 2 aliphatic carbocycles. The predicted molar refractivity (Wildman–Crippen MR) is 68.2 cm³/mol. The van der Waals surface area contributed by atoms with Crippen LogP contribution in [-0.4, -0.2) is 20.0 Å². The molecule has 0 aromatic heterocycles. The molecule has 2 aliphatic rings.